The van der Waals surface area contributed by atoms with E-state index >= 15 is 0 Å². The summed E-state index contributed by atoms with van der Waals surface area (Å²) in [5, 5.41) is 0. The molecule has 1 atom stereocenters. The SMILES string of the molecule is CC(C)C(N)CCN(C)S(=O)(=O)N1CCOCC1. The third-order valence-electron chi connectivity index (χ3n) is 3.32. The van der Waals surface area contributed by atoms with E-state index < -0.39 is 10.2 Å². The number of morpholine rings is 1. The number of hydrogen-bond acceptors (Lipinski definition) is 4. The van der Waals surface area contributed by atoms with Gasteiger partial charge in [0, 0.05) is 32.7 Å². The van der Waals surface area contributed by atoms with Gasteiger partial charge in [-0.05, 0) is 12.3 Å². The molecule has 0 bridgehead atoms. The smallest absolute Gasteiger partial charge is 0.281 e. The molecule has 1 rings (SSSR count). The molecule has 7 heteroatoms. The molecule has 1 heterocycles. The van der Waals surface area contributed by atoms with Crippen LogP contribution in [0.3, 0.4) is 0 Å². The van der Waals surface area contributed by atoms with Crippen LogP contribution in [0.1, 0.15) is 20.3 Å². The molecule has 0 aromatic carbocycles. The Kier molecular flexibility index (Phi) is 6.00. The summed E-state index contributed by atoms with van der Waals surface area (Å²) >= 11 is 0. The highest BCUT2D eigenvalue weighted by molar-refractivity contribution is 7.86. The molecule has 1 aliphatic heterocycles. The van der Waals surface area contributed by atoms with E-state index in [9.17, 15) is 8.42 Å². The highest BCUT2D eigenvalue weighted by Gasteiger charge is 2.28. The van der Waals surface area contributed by atoms with Gasteiger partial charge in [-0.1, -0.05) is 13.8 Å². The van der Waals surface area contributed by atoms with Gasteiger partial charge in [0.25, 0.3) is 10.2 Å². The minimum absolute atomic E-state index is 0.0346. The van der Waals surface area contributed by atoms with Gasteiger partial charge in [0.1, 0.15) is 0 Å². The quantitative estimate of drug-likeness (QED) is 0.735. The fraction of sp³-hybridized carbons (Fsp3) is 1.00. The Morgan fingerprint density at radius 1 is 1.33 bits per heavy atom. The Bertz CT molecular complexity index is 339. The summed E-state index contributed by atoms with van der Waals surface area (Å²) in [7, 11) is -1.74. The van der Waals surface area contributed by atoms with E-state index in [1.807, 2.05) is 13.8 Å². The number of hydrogen-bond donors (Lipinski definition) is 1. The van der Waals surface area contributed by atoms with Crippen LogP contribution in [0.5, 0.6) is 0 Å². The van der Waals surface area contributed by atoms with Crippen molar-refractivity contribution >= 4 is 10.2 Å². The molecule has 0 radical (unpaired) electrons. The van der Waals surface area contributed by atoms with Gasteiger partial charge < -0.3 is 10.5 Å². The first kappa shape index (κ1) is 15.8. The van der Waals surface area contributed by atoms with Crippen molar-refractivity contribution in [3.63, 3.8) is 0 Å². The molecule has 0 amide bonds. The Morgan fingerprint density at radius 2 is 1.89 bits per heavy atom. The first-order valence-corrected chi connectivity index (χ1v) is 7.80. The largest absolute Gasteiger partial charge is 0.379 e. The maximum absolute atomic E-state index is 12.2. The van der Waals surface area contributed by atoms with Gasteiger partial charge in [-0.2, -0.15) is 17.0 Å². The summed E-state index contributed by atoms with van der Waals surface area (Å²) in [6.45, 7) is 6.35. The Labute approximate surface area is 110 Å². The Hall–Kier alpha value is -0.210. The minimum Gasteiger partial charge on any atom is -0.379 e. The molecule has 108 valence electrons. The molecule has 0 spiro atoms. The first-order chi connectivity index (χ1) is 8.35. The van der Waals surface area contributed by atoms with E-state index in [4.69, 9.17) is 10.5 Å². The van der Waals surface area contributed by atoms with Crippen molar-refractivity contribution in [2.75, 3.05) is 39.9 Å². The van der Waals surface area contributed by atoms with Gasteiger partial charge >= 0.3 is 0 Å². The van der Waals surface area contributed by atoms with Crippen LogP contribution in [0, 0.1) is 5.92 Å². The van der Waals surface area contributed by atoms with Gasteiger partial charge in [0.15, 0.2) is 0 Å². The maximum Gasteiger partial charge on any atom is 0.281 e. The topological polar surface area (TPSA) is 75.9 Å². The van der Waals surface area contributed by atoms with Crippen molar-refractivity contribution in [1.29, 1.82) is 0 Å². The molecule has 2 N–H and O–H groups in total. The standard InChI is InChI=1S/C11H25N3O3S/c1-10(2)11(12)4-5-13(3)18(15,16)14-6-8-17-9-7-14/h10-11H,4-9,12H2,1-3H3. The van der Waals surface area contributed by atoms with E-state index in [0.717, 1.165) is 0 Å². The Morgan fingerprint density at radius 3 is 2.39 bits per heavy atom. The normalized spacial score (nSPS) is 20.6. The van der Waals surface area contributed by atoms with Crippen LogP contribution in [0.4, 0.5) is 0 Å². The molecule has 18 heavy (non-hydrogen) atoms. The van der Waals surface area contributed by atoms with Gasteiger partial charge in [0.2, 0.25) is 0 Å². The number of nitrogens with zero attached hydrogens (tertiary/aromatic N) is 2. The summed E-state index contributed by atoms with van der Waals surface area (Å²) in [6, 6.07) is 0.0346. The molecule has 6 nitrogen and oxygen atoms in total. The molecule has 0 aliphatic carbocycles. The lowest BCUT2D eigenvalue weighted by atomic mass is 10.0. The number of nitrogens with two attached hydrogens (primary N) is 1. The van der Waals surface area contributed by atoms with Crippen LogP contribution in [-0.2, 0) is 14.9 Å². The van der Waals surface area contributed by atoms with E-state index in [-0.39, 0.29) is 6.04 Å². The van der Waals surface area contributed by atoms with Crippen LogP contribution < -0.4 is 5.73 Å². The lowest BCUT2D eigenvalue weighted by molar-refractivity contribution is 0.0705. The highest BCUT2D eigenvalue weighted by atomic mass is 32.2. The molecule has 1 saturated heterocycles. The van der Waals surface area contributed by atoms with E-state index in [1.54, 1.807) is 7.05 Å². The summed E-state index contributed by atoms with van der Waals surface area (Å²) in [6.07, 6.45) is 0.678. The van der Waals surface area contributed by atoms with Crippen molar-refractivity contribution in [3.05, 3.63) is 0 Å². The van der Waals surface area contributed by atoms with Crippen LogP contribution in [-0.4, -0.2) is 63.0 Å². The van der Waals surface area contributed by atoms with Crippen LogP contribution in [0.2, 0.25) is 0 Å². The molecule has 1 fully saturated rings. The van der Waals surface area contributed by atoms with Gasteiger partial charge in [-0.25, -0.2) is 0 Å². The molecule has 1 unspecified atom stereocenters. The second-order valence-electron chi connectivity index (χ2n) is 5.04. The monoisotopic (exact) mass is 279 g/mol. The van der Waals surface area contributed by atoms with Gasteiger partial charge in [-0.15, -0.1) is 0 Å². The number of ether oxygens (including phenoxy) is 1. The highest BCUT2D eigenvalue weighted by Crippen LogP contribution is 2.11. The summed E-state index contributed by atoms with van der Waals surface area (Å²) < 4.78 is 32.5. The first-order valence-electron chi connectivity index (χ1n) is 6.40. The fourth-order valence-electron chi connectivity index (χ4n) is 1.75. The molecule has 1 aliphatic rings. The van der Waals surface area contributed by atoms with E-state index in [1.165, 1.54) is 8.61 Å². The van der Waals surface area contributed by atoms with Crippen molar-refractivity contribution in [2.24, 2.45) is 11.7 Å². The van der Waals surface area contributed by atoms with Gasteiger partial charge in [0.05, 0.1) is 13.2 Å². The minimum atomic E-state index is -3.35. The van der Waals surface area contributed by atoms with Crippen molar-refractivity contribution in [2.45, 2.75) is 26.3 Å². The van der Waals surface area contributed by atoms with Gasteiger partial charge in [-0.3, -0.25) is 0 Å². The predicted octanol–water partition coefficient (Wildman–Crippen LogP) is -0.131. The molecule has 0 saturated carbocycles. The van der Waals surface area contributed by atoms with Crippen molar-refractivity contribution in [1.82, 2.24) is 8.61 Å². The lowest BCUT2D eigenvalue weighted by Gasteiger charge is -2.30. The summed E-state index contributed by atoms with van der Waals surface area (Å²) in [5.74, 6) is 0.365. The number of rotatable bonds is 6. The van der Waals surface area contributed by atoms with E-state index in [0.29, 0.717) is 45.2 Å². The van der Waals surface area contributed by atoms with Crippen LogP contribution >= 0.6 is 0 Å². The zero-order valence-electron chi connectivity index (χ0n) is 11.5. The third kappa shape index (κ3) is 4.17. The molecule has 0 aromatic heterocycles. The Balaban J connectivity index is 2.51. The fourth-order valence-corrected chi connectivity index (χ4v) is 3.09. The van der Waals surface area contributed by atoms with Crippen LogP contribution in [0.25, 0.3) is 0 Å². The maximum atomic E-state index is 12.2. The average molecular weight is 279 g/mol. The predicted molar refractivity (Wildman–Crippen MR) is 71.4 cm³/mol. The van der Waals surface area contributed by atoms with E-state index in [2.05, 4.69) is 0 Å². The zero-order chi connectivity index (χ0) is 13.8. The molecular formula is C11H25N3O3S. The van der Waals surface area contributed by atoms with Crippen LogP contribution in [0.15, 0.2) is 0 Å². The average Bonchev–Trinajstić information content (AvgIpc) is 2.36. The van der Waals surface area contributed by atoms with Crippen molar-refractivity contribution < 1.29 is 13.2 Å². The zero-order valence-corrected chi connectivity index (χ0v) is 12.3. The molecule has 0 aromatic rings. The summed E-state index contributed by atoms with van der Waals surface area (Å²) in [5.41, 5.74) is 5.93. The summed E-state index contributed by atoms with van der Waals surface area (Å²) in [4.78, 5) is 0. The molecular weight excluding hydrogens is 254 g/mol. The second kappa shape index (κ2) is 6.81. The second-order valence-corrected chi connectivity index (χ2v) is 7.07. The third-order valence-corrected chi connectivity index (χ3v) is 5.31. The van der Waals surface area contributed by atoms with Crippen molar-refractivity contribution in [3.8, 4) is 0 Å². The lowest BCUT2D eigenvalue weighted by Crippen LogP contribution is -2.48.